The van der Waals surface area contributed by atoms with Gasteiger partial charge in [0.05, 0.1) is 0 Å². The Bertz CT molecular complexity index is 959. The molecule has 0 aliphatic rings. The number of hydrogen-bond acceptors (Lipinski definition) is 2. The fraction of sp³-hybridized carbons (Fsp3) is 0.273. The summed E-state index contributed by atoms with van der Waals surface area (Å²) in [6.45, 7) is 11.0. The second-order valence-electron chi connectivity index (χ2n) is 6.66. The predicted molar refractivity (Wildman–Crippen MR) is 116 cm³/mol. The predicted octanol–water partition coefficient (Wildman–Crippen LogP) is 6.08. The molecule has 148 valence electrons. The number of aliphatic hydroxyl groups is 1. The molecule has 0 fully saturated rings. The molecule has 0 saturated carbocycles. The van der Waals surface area contributed by atoms with Crippen molar-refractivity contribution >= 4 is 20.8 Å². The molecule has 1 atom stereocenters. The minimum Gasteiger partial charge on any atom is -0.494 e. The van der Waals surface area contributed by atoms with Crippen LogP contribution in [0.15, 0.2) is 58.8 Å². The first-order chi connectivity index (χ1) is 13.0. The number of nitrogens with zero attached hydrogens (tertiary/aromatic N) is 2. The van der Waals surface area contributed by atoms with Crippen molar-refractivity contribution in [2.75, 3.05) is 0 Å². The van der Waals surface area contributed by atoms with Crippen LogP contribution in [0.1, 0.15) is 47.2 Å². The molecule has 0 aromatic heterocycles. The third-order valence-electron chi connectivity index (χ3n) is 4.47. The maximum atomic E-state index is 13.5. The fourth-order valence-corrected chi connectivity index (χ4v) is 3.28. The van der Waals surface area contributed by atoms with Crippen molar-refractivity contribution in [3.63, 3.8) is 0 Å². The second kappa shape index (κ2) is 8.74. The van der Waals surface area contributed by atoms with Gasteiger partial charge in [-0.1, -0.05) is 46.5 Å². The molecular formula is C22H25F2N2OP. The van der Waals surface area contributed by atoms with E-state index in [1.165, 1.54) is 12.1 Å². The normalized spacial score (nSPS) is 13.0. The van der Waals surface area contributed by atoms with Gasteiger partial charge in [-0.2, -0.15) is 13.8 Å². The number of alkyl halides is 2. The lowest BCUT2D eigenvalue weighted by Crippen LogP contribution is -2.10. The first-order valence-corrected chi connectivity index (χ1v) is 9.51. The van der Waals surface area contributed by atoms with Gasteiger partial charge in [0.15, 0.2) is 5.84 Å². The van der Waals surface area contributed by atoms with E-state index in [4.69, 9.17) is 0 Å². The third kappa shape index (κ3) is 5.11. The van der Waals surface area contributed by atoms with Crippen LogP contribution in [0.4, 0.5) is 8.78 Å². The van der Waals surface area contributed by atoms with Gasteiger partial charge in [0.2, 0.25) is 5.88 Å². The molecule has 2 rings (SSSR count). The Labute approximate surface area is 167 Å². The van der Waals surface area contributed by atoms with Crippen molar-refractivity contribution in [1.29, 1.82) is 0 Å². The van der Waals surface area contributed by atoms with Crippen molar-refractivity contribution in [3.8, 4) is 0 Å². The van der Waals surface area contributed by atoms with Crippen molar-refractivity contribution in [2.24, 2.45) is 9.98 Å². The number of aliphatic hydroxyl groups excluding tert-OH is 1. The highest BCUT2D eigenvalue weighted by atomic mass is 31.0. The lowest BCUT2D eigenvalue weighted by molar-refractivity contribution is 0.104. The minimum atomic E-state index is -2.98. The minimum absolute atomic E-state index is 0.0728. The molecule has 28 heavy (non-hydrogen) atoms. The van der Waals surface area contributed by atoms with E-state index in [-0.39, 0.29) is 11.4 Å². The summed E-state index contributed by atoms with van der Waals surface area (Å²) in [6.07, 6.45) is 0.777. The van der Waals surface area contributed by atoms with Crippen LogP contribution in [-0.2, 0) is 12.1 Å². The highest BCUT2D eigenvalue weighted by molar-refractivity contribution is 7.17. The van der Waals surface area contributed by atoms with Crippen molar-refractivity contribution in [3.05, 3.63) is 82.2 Å². The number of halogens is 2. The highest BCUT2D eigenvalue weighted by Crippen LogP contribution is 2.35. The Hall–Kier alpha value is -2.39. The summed E-state index contributed by atoms with van der Waals surface area (Å²) in [6, 6.07) is 10.4. The zero-order valence-corrected chi connectivity index (χ0v) is 17.7. The second-order valence-corrected chi connectivity index (χ2v) is 7.39. The van der Waals surface area contributed by atoms with E-state index in [0.29, 0.717) is 17.1 Å². The van der Waals surface area contributed by atoms with Gasteiger partial charge in [0.1, 0.15) is 0 Å². The Balaban J connectivity index is 2.60. The quantitative estimate of drug-likeness (QED) is 0.280. The fourth-order valence-electron chi connectivity index (χ4n) is 3.10. The van der Waals surface area contributed by atoms with Gasteiger partial charge in [-0.05, 0) is 62.1 Å². The Morgan fingerprint density at radius 2 is 1.82 bits per heavy atom. The van der Waals surface area contributed by atoms with Crippen LogP contribution in [0.3, 0.4) is 0 Å². The molecule has 0 radical (unpaired) electrons. The van der Waals surface area contributed by atoms with E-state index >= 15 is 0 Å². The van der Waals surface area contributed by atoms with E-state index in [1.807, 2.05) is 32.0 Å². The summed E-state index contributed by atoms with van der Waals surface area (Å²) in [4.78, 5) is 8.77. The molecule has 1 N–H and O–H groups in total. The first kappa shape index (κ1) is 21.9. The van der Waals surface area contributed by atoms with Crippen LogP contribution in [0.2, 0.25) is 0 Å². The average Bonchev–Trinajstić information content (AvgIpc) is 2.59. The van der Waals surface area contributed by atoms with E-state index in [0.717, 1.165) is 28.7 Å². The van der Waals surface area contributed by atoms with Gasteiger partial charge in [0, 0.05) is 16.8 Å². The van der Waals surface area contributed by atoms with Crippen molar-refractivity contribution in [2.45, 2.75) is 39.8 Å². The molecule has 2 aromatic carbocycles. The molecule has 0 aliphatic heterocycles. The summed E-state index contributed by atoms with van der Waals surface area (Å²) in [7, 11) is 1.55. The SMILES string of the molecule is C=C(O)N=C(N=C(C)c1ccc(C(F)(F)P)cc1C)c1c(C)cccc1CC. The number of aliphatic imine (C=N–C) groups is 2. The molecule has 0 bridgehead atoms. The largest absolute Gasteiger partial charge is 0.494 e. The summed E-state index contributed by atoms with van der Waals surface area (Å²) >= 11 is 0. The maximum absolute atomic E-state index is 13.5. The summed E-state index contributed by atoms with van der Waals surface area (Å²) in [5.41, 5.74) is 1.84. The van der Waals surface area contributed by atoms with Crippen molar-refractivity contribution < 1.29 is 13.9 Å². The number of rotatable bonds is 5. The first-order valence-electron chi connectivity index (χ1n) is 8.93. The van der Waals surface area contributed by atoms with E-state index in [2.05, 4.69) is 16.6 Å². The number of amidine groups is 1. The van der Waals surface area contributed by atoms with Crippen LogP contribution >= 0.6 is 9.24 Å². The Kier molecular flexibility index (Phi) is 6.84. The van der Waals surface area contributed by atoms with Crippen LogP contribution < -0.4 is 0 Å². The summed E-state index contributed by atoms with van der Waals surface area (Å²) < 4.78 is 27.1. The van der Waals surface area contributed by atoms with Gasteiger partial charge >= 0.3 is 0 Å². The monoisotopic (exact) mass is 402 g/mol. The van der Waals surface area contributed by atoms with Crippen LogP contribution in [0, 0.1) is 13.8 Å². The Morgan fingerprint density at radius 3 is 2.36 bits per heavy atom. The molecule has 0 amide bonds. The zero-order chi connectivity index (χ0) is 21.1. The topological polar surface area (TPSA) is 45.0 Å². The van der Waals surface area contributed by atoms with Gasteiger partial charge in [-0.25, -0.2) is 4.99 Å². The number of benzene rings is 2. The van der Waals surface area contributed by atoms with Crippen molar-refractivity contribution in [1.82, 2.24) is 0 Å². The standard InChI is InChI=1S/C22H25F2N2OP/c1-6-17-9-7-8-13(2)20(17)21(26-16(5)27)25-15(4)19-11-10-18(12-14(19)3)22(23,24)28/h7-12,27H,5-6,28H2,1-4H3. The van der Waals surface area contributed by atoms with Gasteiger partial charge < -0.3 is 5.11 Å². The number of hydrogen-bond donors (Lipinski definition) is 1. The lowest BCUT2D eigenvalue weighted by Gasteiger charge is -2.15. The van der Waals surface area contributed by atoms with Crippen LogP contribution in [0.5, 0.6) is 0 Å². The third-order valence-corrected chi connectivity index (χ3v) is 4.81. The smallest absolute Gasteiger partial charge is 0.283 e. The Morgan fingerprint density at radius 1 is 1.14 bits per heavy atom. The summed E-state index contributed by atoms with van der Waals surface area (Å²) in [5, 5.41) is 9.67. The number of aryl methyl sites for hydroxylation is 3. The van der Waals surface area contributed by atoms with Gasteiger partial charge in [-0.15, -0.1) is 0 Å². The highest BCUT2D eigenvalue weighted by Gasteiger charge is 2.25. The zero-order valence-electron chi connectivity index (χ0n) is 16.6. The molecule has 2 aromatic rings. The molecule has 1 unspecified atom stereocenters. The van der Waals surface area contributed by atoms with Gasteiger partial charge in [0.25, 0.3) is 5.66 Å². The molecule has 0 saturated heterocycles. The maximum Gasteiger partial charge on any atom is 0.283 e. The molecular weight excluding hydrogens is 377 g/mol. The summed E-state index contributed by atoms with van der Waals surface area (Å²) in [5.74, 6) is 0.00591. The molecule has 0 aliphatic carbocycles. The van der Waals surface area contributed by atoms with Gasteiger partial charge in [-0.3, -0.25) is 0 Å². The average molecular weight is 402 g/mol. The van der Waals surface area contributed by atoms with Crippen LogP contribution in [-0.4, -0.2) is 16.7 Å². The van der Waals surface area contributed by atoms with E-state index in [9.17, 15) is 13.9 Å². The van der Waals surface area contributed by atoms with E-state index in [1.54, 1.807) is 29.2 Å². The lowest BCUT2D eigenvalue weighted by atomic mass is 9.98. The van der Waals surface area contributed by atoms with Crippen LogP contribution in [0.25, 0.3) is 0 Å². The molecule has 0 heterocycles. The molecule has 6 heteroatoms. The van der Waals surface area contributed by atoms with E-state index < -0.39 is 5.66 Å². The molecule has 3 nitrogen and oxygen atoms in total. The molecule has 0 spiro atoms.